The summed E-state index contributed by atoms with van der Waals surface area (Å²) in [4.78, 5) is 0. The molecule has 0 saturated carbocycles. The quantitative estimate of drug-likeness (QED) is 0.252. The first-order valence-corrected chi connectivity index (χ1v) is 5.77. The van der Waals surface area contributed by atoms with Gasteiger partial charge in [-0.15, -0.1) is 0 Å². The summed E-state index contributed by atoms with van der Waals surface area (Å²) in [6, 6.07) is 0. The molecule has 2 rings (SSSR count). The highest BCUT2D eigenvalue weighted by Gasteiger charge is 2.57. The van der Waals surface area contributed by atoms with Crippen LogP contribution in [0.2, 0.25) is 0 Å². The van der Waals surface area contributed by atoms with Crippen LogP contribution in [-0.2, 0) is 4.33 Å². The van der Waals surface area contributed by atoms with Crippen LogP contribution in [0.5, 0.6) is 0 Å². The molecule has 0 amide bonds. The summed E-state index contributed by atoms with van der Waals surface area (Å²) < 4.78 is 88.4. The van der Waals surface area contributed by atoms with E-state index in [1.807, 2.05) is 0 Å². The fourth-order valence-corrected chi connectivity index (χ4v) is 3.10. The highest BCUT2D eigenvalue weighted by atomic mass is 35.5. The van der Waals surface area contributed by atoms with E-state index in [9.17, 15) is 30.7 Å². The van der Waals surface area contributed by atoms with Crippen LogP contribution in [-0.4, -0.2) is 6.18 Å². The molecule has 1 aliphatic carbocycles. The van der Waals surface area contributed by atoms with Gasteiger partial charge in [0.15, 0.2) is 27.6 Å². The summed E-state index contributed by atoms with van der Waals surface area (Å²) in [6.07, 6.45) is -5.26. The largest absolute Gasteiger partial charge is 0.417 e. The fourth-order valence-electron chi connectivity index (χ4n) is 1.82. The van der Waals surface area contributed by atoms with Crippen molar-refractivity contribution < 1.29 is 30.7 Å². The second-order valence-corrected chi connectivity index (χ2v) is 5.47. The van der Waals surface area contributed by atoms with Gasteiger partial charge in [-0.05, 0) is 0 Å². The van der Waals surface area contributed by atoms with Crippen molar-refractivity contribution in [2.24, 2.45) is 0 Å². The Morgan fingerprint density at radius 2 is 1.25 bits per heavy atom. The molecule has 0 spiro atoms. The van der Waals surface area contributed by atoms with E-state index in [1.54, 1.807) is 0 Å². The topological polar surface area (TPSA) is 0 Å². The van der Waals surface area contributed by atoms with Crippen molar-refractivity contribution in [1.82, 2.24) is 0 Å². The number of fused-ring (bicyclic) bond motifs is 1. The van der Waals surface area contributed by atoms with E-state index >= 15 is 0 Å². The van der Waals surface area contributed by atoms with Gasteiger partial charge in [-0.1, -0.05) is 34.8 Å². The lowest BCUT2D eigenvalue weighted by Gasteiger charge is -2.21. The van der Waals surface area contributed by atoms with Crippen LogP contribution >= 0.6 is 34.8 Å². The molecule has 1 aliphatic rings. The molecular weight excluding hydrogens is 359 g/mol. The maximum atomic E-state index is 13.6. The van der Waals surface area contributed by atoms with E-state index < -0.39 is 55.5 Å². The number of alkyl halides is 5. The monoisotopic (exact) mass is 358 g/mol. The molecule has 10 heteroatoms. The van der Waals surface area contributed by atoms with Crippen LogP contribution < -0.4 is 0 Å². The van der Waals surface area contributed by atoms with Crippen LogP contribution in [0.3, 0.4) is 0 Å². The van der Waals surface area contributed by atoms with E-state index in [1.165, 1.54) is 0 Å². The van der Waals surface area contributed by atoms with Crippen molar-refractivity contribution in [2.75, 3.05) is 0 Å². The zero-order chi connectivity index (χ0) is 15.6. The third kappa shape index (κ3) is 1.90. The summed E-state index contributed by atoms with van der Waals surface area (Å²) in [5, 5.41) is -1.42. The Balaban J connectivity index is 2.95. The smallest absolute Gasteiger partial charge is 0.203 e. The summed E-state index contributed by atoms with van der Waals surface area (Å²) in [6.45, 7) is 0. The fraction of sp³-hybridized carbons (Fsp3) is 0.200. The van der Waals surface area contributed by atoms with Gasteiger partial charge in [0.2, 0.25) is 0 Å². The van der Waals surface area contributed by atoms with Crippen molar-refractivity contribution in [3.63, 3.8) is 0 Å². The minimum absolute atomic E-state index is 1.35. The Morgan fingerprint density at radius 3 is 1.70 bits per heavy atom. The number of rotatable bonds is 0. The van der Waals surface area contributed by atoms with Gasteiger partial charge in [0.1, 0.15) is 0 Å². The summed E-state index contributed by atoms with van der Waals surface area (Å²) in [5.41, 5.74) is -4.66. The summed E-state index contributed by atoms with van der Waals surface area (Å²) in [7, 11) is 0. The van der Waals surface area contributed by atoms with Crippen LogP contribution in [0, 0.1) is 23.3 Å². The third-order valence-electron chi connectivity index (χ3n) is 2.62. The molecule has 0 heterocycles. The Kier molecular flexibility index (Phi) is 3.47. The molecule has 0 N–H and O–H groups in total. The van der Waals surface area contributed by atoms with Crippen molar-refractivity contribution in [1.29, 1.82) is 0 Å². The van der Waals surface area contributed by atoms with Gasteiger partial charge in [0.05, 0.1) is 10.6 Å². The first kappa shape index (κ1) is 15.7. The zero-order valence-corrected chi connectivity index (χ0v) is 11.0. The molecule has 1 aromatic carbocycles. The van der Waals surface area contributed by atoms with E-state index in [2.05, 4.69) is 0 Å². The van der Waals surface area contributed by atoms with Gasteiger partial charge in [0.25, 0.3) is 0 Å². The molecule has 0 radical (unpaired) electrons. The highest BCUT2D eigenvalue weighted by molar-refractivity contribution is 6.58. The maximum Gasteiger partial charge on any atom is 0.417 e. The Morgan fingerprint density at radius 1 is 0.800 bits per heavy atom. The van der Waals surface area contributed by atoms with Gasteiger partial charge >= 0.3 is 6.18 Å². The number of benzene rings is 1. The van der Waals surface area contributed by atoms with Gasteiger partial charge in [-0.2, -0.15) is 13.2 Å². The molecule has 0 aromatic heterocycles. The summed E-state index contributed by atoms with van der Waals surface area (Å²) >= 11 is 16.0. The molecule has 110 valence electrons. The SMILES string of the molecule is Fc1c(F)c(F)c2c(c1F)C(Cl)=C(C(F)(F)F)C2(Cl)Cl. The zero-order valence-electron chi connectivity index (χ0n) is 8.78. The molecule has 0 fully saturated rings. The predicted molar refractivity (Wildman–Crippen MR) is 58.5 cm³/mol. The van der Waals surface area contributed by atoms with E-state index in [-0.39, 0.29) is 0 Å². The molecule has 20 heavy (non-hydrogen) atoms. The number of halogens is 10. The van der Waals surface area contributed by atoms with Crippen molar-refractivity contribution in [3.8, 4) is 0 Å². The lowest BCUT2D eigenvalue weighted by molar-refractivity contribution is -0.0937. The van der Waals surface area contributed by atoms with Crippen LogP contribution in [0.1, 0.15) is 11.1 Å². The Bertz CT molecular complexity index is 645. The van der Waals surface area contributed by atoms with Crippen LogP contribution in [0.15, 0.2) is 5.57 Å². The predicted octanol–water partition coefficient (Wildman–Crippen LogP) is 5.40. The van der Waals surface area contributed by atoms with Crippen molar-refractivity contribution in [3.05, 3.63) is 40.0 Å². The molecule has 0 nitrogen and oxygen atoms in total. The molecule has 0 atom stereocenters. The Hall–Kier alpha value is -0.660. The third-order valence-corrected chi connectivity index (χ3v) is 3.75. The van der Waals surface area contributed by atoms with Gasteiger partial charge in [0, 0.05) is 11.1 Å². The lowest BCUT2D eigenvalue weighted by Crippen LogP contribution is -2.25. The van der Waals surface area contributed by atoms with Crippen molar-refractivity contribution >= 4 is 39.8 Å². The second kappa shape index (κ2) is 4.42. The molecule has 0 saturated heterocycles. The summed E-state index contributed by atoms with van der Waals surface area (Å²) in [5.74, 6) is -8.89. The number of hydrogen-bond donors (Lipinski definition) is 0. The van der Waals surface area contributed by atoms with E-state index in [4.69, 9.17) is 34.8 Å². The van der Waals surface area contributed by atoms with E-state index in [0.717, 1.165) is 0 Å². The maximum absolute atomic E-state index is 13.6. The Labute approximate surface area is 121 Å². The molecule has 0 bridgehead atoms. The van der Waals surface area contributed by atoms with Crippen molar-refractivity contribution in [2.45, 2.75) is 10.5 Å². The normalized spacial score (nSPS) is 17.7. The molecular formula is C10Cl3F7. The molecule has 0 aliphatic heterocycles. The first-order chi connectivity index (χ1) is 8.92. The van der Waals surface area contributed by atoms with E-state index in [0.29, 0.717) is 0 Å². The first-order valence-electron chi connectivity index (χ1n) is 4.64. The van der Waals surface area contributed by atoms with Gasteiger partial charge in [-0.25, -0.2) is 17.6 Å². The van der Waals surface area contributed by atoms with Gasteiger partial charge < -0.3 is 0 Å². The van der Waals surface area contributed by atoms with Crippen LogP contribution in [0.4, 0.5) is 30.7 Å². The molecule has 1 aromatic rings. The standard InChI is InChI=1S/C10Cl3F7/c11-3-1-2(5(15)7(17)6(16)4(1)14)9(12,13)8(3)10(18,19)20. The van der Waals surface area contributed by atoms with Gasteiger partial charge in [-0.3, -0.25) is 0 Å². The number of hydrogen-bond acceptors (Lipinski definition) is 0. The highest BCUT2D eigenvalue weighted by Crippen LogP contribution is 2.60. The molecule has 0 unspecified atom stereocenters. The van der Waals surface area contributed by atoms with Crippen LogP contribution in [0.25, 0.3) is 5.03 Å². The minimum atomic E-state index is -5.26. The minimum Gasteiger partial charge on any atom is -0.203 e. The average molecular weight is 359 g/mol. The lowest BCUT2D eigenvalue weighted by atomic mass is 10.1. The average Bonchev–Trinajstić information content (AvgIpc) is 2.49. The second-order valence-electron chi connectivity index (χ2n) is 3.77. The number of allylic oxidation sites excluding steroid dienone is 1.